The van der Waals surface area contributed by atoms with Crippen molar-refractivity contribution >= 4 is 23.0 Å². The third-order valence-corrected chi connectivity index (χ3v) is 3.05. The van der Waals surface area contributed by atoms with E-state index < -0.39 is 0 Å². The number of nitrogens with one attached hydrogen (secondary N) is 1. The number of unbranched alkanes of at least 4 members (excludes halogenated alkanes) is 1. The van der Waals surface area contributed by atoms with Gasteiger partial charge < -0.3 is 15.8 Å². The Bertz CT molecular complexity index is 577. The van der Waals surface area contributed by atoms with E-state index in [0.29, 0.717) is 12.2 Å². The highest BCUT2D eigenvalue weighted by molar-refractivity contribution is 5.89. The van der Waals surface area contributed by atoms with Crippen LogP contribution in [0.4, 0.5) is 17.1 Å². The highest BCUT2D eigenvalue weighted by atomic mass is 16.5. The molecule has 0 fully saturated rings. The summed E-state index contributed by atoms with van der Waals surface area (Å²) in [6.07, 6.45) is 1.90. The zero-order valence-corrected chi connectivity index (χ0v) is 12.1. The molecule has 0 aromatic heterocycles. The number of ether oxygens (including phenoxy) is 1. The van der Waals surface area contributed by atoms with Gasteiger partial charge >= 0.3 is 5.97 Å². The van der Waals surface area contributed by atoms with E-state index in [0.717, 1.165) is 29.9 Å². The van der Waals surface area contributed by atoms with E-state index >= 15 is 0 Å². The molecule has 0 aliphatic rings. The number of benzene rings is 2. The molecule has 0 saturated carbocycles. The molecule has 0 unspecified atom stereocenters. The lowest BCUT2D eigenvalue weighted by Gasteiger charge is -2.08. The van der Waals surface area contributed by atoms with Crippen LogP contribution in [0.1, 0.15) is 30.1 Å². The van der Waals surface area contributed by atoms with Crippen molar-refractivity contribution < 1.29 is 9.53 Å². The molecule has 0 amide bonds. The third kappa shape index (κ3) is 4.53. The van der Waals surface area contributed by atoms with Crippen molar-refractivity contribution in [2.24, 2.45) is 0 Å². The van der Waals surface area contributed by atoms with Crippen LogP contribution in [0.2, 0.25) is 0 Å². The van der Waals surface area contributed by atoms with Crippen molar-refractivity contribution in [1.29, 1.82) is 0 Å². The minimum Gasteiger partial charge on any atom is -0.462 e. The number of nitrogen functional groups attached to an aromatic ring is 1. The van der Waals surface area contributed by atoms with Gasteiger partial charge in [-0.3, -0.25) is 0 Å². The summed E-state index contributed by atoms with van der Waals surface area (Å²) in [4.78, 5) is 11.8. The van der Waals surface area contributed by atoms with Crippen LogP contribution in [0.25, 0.3) is 0 Å². The van der Waals surface area contributed by atoms with E-state index in [1.165, 1.54) is 0 Å². The molecule has 0 bridgehead atoms. The molecule has 2 aromatic rings. The molecule has 0 atom stereocenters. The third-order valence-electron chi connectivity index (χ3n) is 3.05. The Balaban J connectivity index is 1.95. The van der Waals surface area contributed by atoms with E-state index in [1.807, 2.05) is 36.4 Å². The molecule has 110 valence electrons. The van der Waals surface area contributed by atoms with E-state index in [9.17, 15) is 4.79 Å². The number of carbonyl (C=O) groups is 1. The van der Waals surface area contributed by atoms with Gasteiger partial charge in [-0.05, 0) is 55.0 Å². The summed E-state index contributed by atoms with van der Waals surface area (Å²) in [5, 5.41) is 3.24. The summed E-state index contributed by atoms with van der Waals surface area (Å²) < 4.78 is 5.17. The molecule has 0 radical (unpaired) electrons. The monoisotopic (exact) mass is 284 g/mol. The summed E-state index contributed by atoms with van der Waals surface area (Å²) >= 11 is 0. The van der Waals surface area contributed by atoms with E-state index in [4.69, 9.17) is 10.5 Å². The van der Waals surface area contributed by atoms with Gasteiger partial charge in [-0.25, -0.2) is 4.79 Å². The molecular weight excluding hydrogens is 264 g/mol. The zero-order valence-electron chi connectivity index (χ0n) is 12.1. The van der Waals surface area contributed by atoms with Crippen molar-refractivity contribution in [1.82, 2.24) is 0 Å². The smallest absolute Gasteiger partial charge is 0.338 e. The number of hydrogen-bond acceptors (Lipinski definition) is 4. The molecule has 21 heavy (non-hydrogen) atoms. The van der Waals surface area contributed by atoms with E-state index in [-0.39, 0.29) is 5.97 Å². The first-order valence-corrected chi connectivity index (χ1v) is 7.09. The van der Waals surface area contributed by atoms with Gasteiger partial charge in [0.1, 0.15) is 0 Å². The highest BCUT2D eigenvalue weighted by Gasteiger charge is 2.06. The first kappa shape index (κ1) is 14.9. The van der Waals surface area contributed by atoms with Crippen molar-refractivity contribution in [3.8, 4) is 0 Å². The Hall–Kier alpha value is -2.49. The van der Waals surface area contributed by atoms with Gasteiger partial charge in [0.2, 0.25) is 0 Å². The SMILES string of the molecule is CCCCOC(=O)c1ccc(Nc2ccc(N)cc2)cc1. The quantitative estimate of drug-likeness (QED) is 0.478. The number of anilines is 3. The Labute approximate surface area is 124 Å². The summed E-state index contributed by atoms with van der Waals surface area (Å²) in [6, 6.07) is 14.7. The molecule has 4 nitrogen and oxygen atoms in total. The normalized spacial score (nSPS) is 10.1. The van der Waals surface area contributed by atoms with Crippen LogP contribution in [0.3, 0.4) is 0 Å². The largest absolute Gasteiger partial charge is 0.462 e. The topological polar surface area (TPSA) is 64.3 Å². The van der Waals surface area contributed by atoms with Crippen LogP contribution in [-0.4, -0.2) is 12.6 Å². The summed E-state index contributed by atoms with van der Waals surface area (Å²) in [5.74, 6) is -0.275. The maximum atomic E-state index is 11.8. The van der Waals surface area contributed by atoms with Crippen LogP contribution in [0.5, 0.6) is 0 Å². The number of nitrogens with two attached hydrogens (primary N) is 1. The van der Waals surface area contributed by atoms with Crippen molar-refractivity contribution in [3.63, 3.8) is 0 Å². The number of rotatable bonds is 6. The minimum atomic E-state index is -0.275. The van der Waals surface area contributed by atoms with Gasteiger partial charge in [0.15, 0.2) is 0 Å². The summed E-state index contributed by atoms with van der Waals surface area (Å²) in [6.45, 7) is 2.53. The van der Waals surface area contributed by atoms with Gasteiger partial charge in [0.25, 0.3) is 0 Å². The fourth-order valence-corrected chi connectivity index (χ4v) is 1.82. The molecular formula is C17H20N2O2. The maximum absolute atomic E-state index is 11.8. The van der Waals surface area contributed by atoms with Gasteiger partial charge in [-0.2, -0.15) is 0 Å². The first-order valence-electron chi connectivity index (χ1n) is 7.09. The Morgan fingerprint density at radius 3 is 2.19 bits per heavy atom. The standard InChI is InChI=1S/C17H20N2O2/c1-2-3-12-21-17(20)13-4-8-15(9-5-13)19-16-10-6-14(18)7-11-16/h4-11,19H,2-3,12,18H2,1H3. The van der Waals surface area contributed by atoms with Gasteiger partial charge in [0.05, 0.1) is 12.2 Å². The molecule has 3 N–H and O–H groups in total. The van der Waals surface area contributed by atoms with E-state index in [1.54, 1.807) is 12.1 Å². The molecule has 0 heterocycles. The van der Waals surface area contributed by atoms with Gasteiger partial charge in [-0.1, -0.05) is 13.3 Å². The first-order chi connectivity index (χ1) is 10.2. The second-order valence-corrected chi connectivity index (χ2v) is 4.81. The number of carbonyl (C=O) groups excluding carboxylic acids is 1. The predicted molar refractivity (Wildman–Crippen MR) is 85.8 cm³/mol. The van der Waals surface area contributed by atoms with Gasteiger partial charge in [-0.15, -0.1) is 0 Å². The second-order valence-electron chi connectivity index (χ2n) is 4.81. The lowest BCUT2D eigenvalue weighted by Crippen LogP contribution is -2.06. The van der Waals surface area contributed by atoms with Crippen LogP contribution < -0.4 is 11.1 Å². The highest BCUT2D eigenvalue weighted by Crippen LogP contribution is 2.18. The van der Waals surface area contributed by atoms with Crippen molar-refractivity contribution in [3.05, 3.63) is 54.1 Å². The Morgan fingerprint density at radius 2 is 1.62 bits per heavy atom. The molecule has 0 spiro atoms. The Morgan fingerprint density at radius 1 is 1.05 bits per heavy atom. The van der Waals surface area contributed by atoms with Crippen LogP contribution in [-0.2, 0) is 4.74 Å². The zero-order chi connectivity index (χ0) is 15.1. The van der Waals surface area contributed by atoms with Crippen molar-refractivity contribution in [2.75, 3.05) is 17.7 Å². The molecule has 4 heteroatoms. The molecule has 2 rings (SSSR count). The molecule has 2 aromatic carbocycles. The van der Waals surface area contributed by atoms with Crippen LogP contribution >= 0.6 is 0 Å². The average Bonchev–Trinajstić information content (AvgIpc) is 2.50. The lowest BCUT2D eigenvalue weighted by atomic mass is 10.2. The summed E-state index contributed by atoms with van der Waals surface area (Å²) in [5.41, 5.74) is 8.79. The average molecular weight is 284 g/mol. The number of esters is 1. The molecule has 0 aliphatic heterocycles. The summed E-state index contributed by atoms with van der Waals surface area (Å²) in [7, 11) is 0. The molecule has 0 aliphatic carbocycles. The fraction of sp³-hybridized carbons (Fsp3) is 0.235. The van der Waals surface area contributed by atoms with E-state index in [2.05, 4.69) is 12.2 Å². The minimum absolute atomic E-state index is 0.275. The second kappa shape index (κ2) is 7.33. The predicted octanol–water partition coefficient (Wildman–Crippen LogP) is 3.97. The van der Waals surface area contributed by atoms with Gasteiger partial charge in [0, 0.05) is 17.1 Å². The maximum Gasteiger partial charge on any atom is 0.338 e. The fourth-order valence-electron chi connectivity index (χ4n) is 1.82. The Kier molecular flexibility index (Phi) is 5.21. The van der Waals surface area contributed by atoms with Crippen molar-refractivity contribution in [2.45, 2.75) is 19.8 Å². The number of hydrogen-bond donors (Lipinski definition) is 2. The molecule has 0 saturated heterocycles. The lowest BCUT2D eigenvalue weighted by molar-refractivity contribution is 0.0500. The van der Waals surface area contributed by atoms with Crippen LogP contribution in [0, 0.1) is 0 Å². The van der Waals surface area contributed by atoms with Crippen LogP contribution in [0.15, 0.2) is 48.5 Å².